The van der Waals surface area contributed by atoms with Crippen molar-refractivity contribution in [3.63, 3.8) is 0 Å². The predicted molar refractivity (Wildman–Crippen MR) is 79.4 cm³/mol. The highest BCUT2D eigenvalue weighted by atomic mass is 16.4. The number of hydrogen-bond donors (Lipinski definition) is 2. The number of carbonyl (C=O) groups is 1. The van der Waals surface area contributed by atoms with Gasteiger partial charge in [0.25, 0.3) is 0 Å². The van der Waals surface area contributed by atoms with Crippen molar-refractivity contribution in [3.8, 4) is 0 Å². The lowest BCUT2D eigenvalue weighted by molar-refractivity contribution is 0.0698. The van der Waals surface area contributed by atoms with Crippen LogP contribution in [0.5, 0.6) is 0 Å². The molecule has 0 aliphatic rings. The molecule has 0 atom stereocenters. The zero-order valence-electron chi connectivity index (χ0n) is 11.2. The summed E-state index contributed by atoms with van der Waals surface area (Å²) in [5, 5.41) is 13.9. The van der Waals surface area contributed by atoms with E-state index in [-0.39, 0.29) is 5.56 Å². The number of carboxylic acid groups (broad SMARTS) is 1. The van der Waals surface area contributed by atoms with Crippen LogP contribution in [-0.4, -0.2) is 32.2 Å². The van der Waals surface area contributed by atoms with Crippen LogP contribution in [-0.2, 0) is 6.54 Å². The van der Waals surface area contributed by atoms with Gasteiger partial charge in [-0.3, -0.25) is 0 Å². The second-order valence-electron chi connectivity index (χ2n) is 4.60. The van der Waals surface area contributed by atoms with Crippen molar-refractivity contribution in [2.24, 2.45) is 0 Å². The van der Waals surface area contributed by atoms with Gasteiger partial charge >= 0.3 is 5.97 Å². The van der Waals surface area contributed by atoms with E-state index in [1.54, 1.807) is 18.6 Å². The van der Waals surface area contributed by atoms with E-state index in [0.717, 1.165) is 11.9 Å². The third-order valence-electron chi connectivity index (χ3n) is 3.25. The molecule has 3 aromatic rings. The highest BCUT2D eigenvalue weighted by Gasteiger charge is 2.11. The van der Waals surface area contributed by atoms with Gasteiger partial charge in [0.05, 0.1) is 11.9 Å². The molecule has 0 saturated heterocycles. The van der Waals surface area contributed by atoms with Gasteiger partial charge in [0.15, 0.2) is 0 Å². The third-order valence-corrected chi connectivity index (χ3v) is 3.25. The minimum absolute atomic E-state index is 0.214. The number of aromatic nitrogens is 3. The zero-order chi connectivity index (χ0) is 14.7. The first-order valence-corrected chi connectivity index (χ1v) is 6.56. The lowest BCUT2D eigenvalue weighted by atomic mass is 10.1. The van der Waals surface area contributed by atoms with E-state index in [2.05, 4.69) is 15.3 Å². The number of fused-ring (bicyclic) bond motifs is 1. The monoisotopic (exact) mass is 282 g/mol. The molecule has 0 spiro atoms. The highest BCUT2D eigenvalue weighted by molar-refractivity contribution is 6.06. The second-order valence-corrected chi connectivity index (χ2v) is 4.60. The van der Waals surface area contributed by atoms with Gasteiger partial charge in [-0.15, -0.1) is 0 Å². The molecule has 0 unspecified atom stereocenters. The van der Waals surface area contributed by atoms with E-state index in [1.165, 1.54) is 6.20 Å². The Balaban J connectivity index is 1.85. The van der Waals surface area contributed by atoms with Crippen LogP contribution >= 0.6 is 0 Å². The van der Waals surface area contributed by atoms with Crippen LogP contribution in [0.3, 0.4) is 0 Å². The number of nitrogens with one attached hydrogen (secondary N) is 1. The average Bonchev–Trinajstić information content (AvgIpc) is 3.00. The SMILES string of the molecule is O=C(O)c1cnc(NCCn2ccnc2)c2ccccc12. The minimum Gasteiger partial charge on any atom is -0.478 e. The lowest BCUT2D eigenvalue weighted by Crippen LogP contribution is -2.11. The molecule has 3 rings (SSSR count). The van der Waals surface area contributed by atoms with E-state index in [1.807, 2.05) is 29.0 Å². The van der Waals surface area contributed by atoms with E-state index < -0.39 is 5.97 Å². The molecule has 0 fully saturated rings. The summed E-state index contributed by atoms with van der Waals surface area (Å²) in [4.78, 5) is 19.4. The summed E-state index contributed by atoms with van der Waals surface area (Å²) < 4.78 is 1.96. The molecule has 6 heteroatoms. The summed E-state index contributed by atoms with van der Waals surface area (Å²) in [5.74, 6) is -0.278. The van der Waals surface area contributed by atoms with E-state index in [4.69, 9.17) is 0 Å². The van der Waals surface area contributed by atoms with Crippen molar-refractivity contribution in [3.05, 3.63) is 54.7 Å². The van der Waals surface area contributed by atoms with Crippen molar-refractivity contribution >= 4 is 22.6 Å². The molecule has 0 radical (unpaired) electrons. The molecule has 0 aliphatic carbocycles. The highest BCUT2D eigenvalue weighted by Crippen LogP contribution is 2.24. The summed E-state index contributed by atoms with van der Waals surface area (Å²) in [6, 6.07) is 7.36. The zero-order valence-corrected chi connectivity index (χ0v) is 11.2. The molecule has 0 bridgehead atoms. The Morgan fingerprint density at radius 2 is 2.10 bits per heavy atom. The van der Waals surface area contributed by atoms with Gasteiger partial charge in [-0.25, -0.2) is 14.8 Å². The number of carboxylic acids is 1. The van der Waals surface area contributed by atoms with Gasteiger partial charge in [-0.2, -0.15) is 0 Å². The lowest BCUT2D eigenvalue weighted by Gasteiger charge is -2.10. The first-order valence-electron chi connectivity index (χ1n) is 6.56. The van der Waals surface area contributed by atoms with Gasteiger partial charge < -0.3 is 15.0 Å². The van der Waals surface area contributed by atoms with Crippen molar-refractivity contribution in [1.82, 2.24) is 14.5 Å². The number of anilines is 1. The Labute approximate surface area is 121 Å². The molecule has 0 saturated carbocycles. The molecule has 2 N–H and O–H groups in total. The molecule has 2 heterocycles. The van der Waals surface area contributed by atoms with Crippen LogP contribution in [0.1, 0.15) is 10.4 Å². The second kappa shape index (κ2) is 5.62. The first kappa shape index (κ1) is 13.1. The molecular formula is C15H14N4O2. The van der Waals surface area contributed by atoms with Crippen molar-refractivity contribution in [2.75, 3.05) is 11.9 Å². The normalized spacial score (nSPS) is 10.7. The minimum atomic E-state index is -0.969. The smallest absolute Gasteiger partial charge is 0.337 e. The number of benzene rings is 1. The molecule has 106 valence electrons. The number of aromatic carboxylic acids is 1. The molecule has 21 heavy (non-hydrogen) atoms. The maximum atomic E-state index is 11.2. The van der Waals surface area contributed by atoms with Crippen LogP contribution in [0.15, 0.2) is 49.2 Å². The summed E-state index contributed by atoms with van der Waals surface area (Å²) >= 11 is 0. The van der Waals surface area contributed by atoms with Crippen molar-refractivity contribution in [2.45, 2.75) is 6.54 Å². The average molecular weight is 282 g/mol. The quantitative estimate of drug-likeness (QED) is 0.750. The van der Waals surface area contributed by atoms with E-state index in [9.17, 15) is 9.90 Å². The molecule has 1 aromatic carbocycles. The topological polar surface area (TPSA) is 80.0 Å². The fourth-order valence-corrected chi connectivity index (χ4v) is 2.23. The largest absolute Gasteiger partial charge is 0.478 e. The standard InChI is InChI=1S/C15H14N4O2/c20-15(21)13-9-18-14(12-4-2-1-3-11(12)13)17-6-8-19-7-5-16-10-19/h1-5,7,9-10H,6,8H2,(H,17,18)(H,20,21). The fourth-order valence-electron chi connectivity index (χ4n) is 2.23. The van der Waals surface area contributed by atoms with Crippen molar-refractivity contribution in [1.29, 1.82) is 0 Å². The third kappa shape index (κ3) is 2.69. The maximum absolute atomic E-state index is 11.2. The van der Waals surface area contributed by atoms with Crippen LogP contribution in [0.4, 0.5) is 5.82 Å². The Bertz CT molecular complexity index is 768. The number of nitrogens with zero attached hydrogens (tertiary/aromatic N) is 3. The van der Waals surface area contributed by atoms with E-state index >= 15 is 0 Å². The maximum Gasteiger partial charge on any atom is 0.337 e. The van der Waals surface area contributed by atoms with Gasteiger partial charge in [-0.05, 0) is 0 Å². The molecular weight excluding hydrogens is 268 g/mol. The van der Waals surface area contributed by atoms with Crippen molar-refractivity contribution < 1.29 is 9.90 Å². The molecule has 0 amide bonds. The van der Waals surface area contributed by atoms with E-state index in [0.29, 0.717) is 17.7 Å². The Hall–Kier alpha value is -2.89. The fraction of sp³-hybridized carbons (Fsp3) is 0.133. The van der Waals surface area contributed by atoms with Crippen LogP contribution < -0.4 is 5.32 Å². The molecule has 6 nitrogen and oxygen atoms in total. The number of hydrogen-bond acceptors (Lipinski definition) is 4. The molecule has 0 aliphatic heterocycles. The van der Waals surface area contributed by atoms with Gasteiger partial charge in [0.2, 0.25) is 0 Å². The Kier molecular flexibility index (Phi) is 3.51. The Morgan fingerprint density at radius 3 is 2.81 bits per heavy atom. The predicted octanol–water partition coefficient (Wildman–Crippen LogP) is 2.24. The summed E-state index contributed by atoms with van der Waals surface area (Å²) in [5.41, 5.74) is 0.214. The number of pyridine rings is 1. The first-order chi connectivity index (χ1) is 10.3. The van der Waals surface area contributed by atoms with Gasteiger partial charge in [0, 0.05) is 42.5 Å². The summed E-state index contributed by atoms with van der Waals surface area (Å²) in [6.45, 7) is 1.44. The van der Waals surface area contributed by atoms with Crippen LogP contribution in [0, 0.1) is 0 Å². The molecule has 2 aromatic heterocycles. The number of rotatable bonds is 5. The summed E-state index contributed by atoms with van der Waals surface area (Å²) in [6.07, 6.45) is 6.76. The van der Waals surface area contributed by atoms with Crippen LogP contribution in [0.25, 0.3) is 10.8 Å². The summed E-state index contributed by atoms with van der Waals surface area (Å²) in [7, 11) is 0. The van der Waals surface area contributed by atoms with Gasteiger partial charge in [-0.1, -0.05) is 24.3 Å². The number of imidazole rings is 1. The Morgan fingerprint density at radius 1 is 1.29 bits per heavy atom. The van der Waals surface area contributed by atoms with Crippen LogP contribution in [0.2, 0.25) is 0 Å². The van der Waals surface area contributed by atoms with Gasteiger partial charge in [0.1, 0.15) is 5.82 Å².